The Bertz CT molecular complexity index is 2170. The zero-order valence-electron chi connectivity index (χ0n) is 33.7. The number of benzene rings is 2. The van der Waals surface area contributed by atoms with E-state index in [1.807, 2.05) is 29.2 Å². The number of aliphatic carboxylic acids is 1. The average Bonchev–Trinajstić information content (AvgIpc) is 3.74. The van der Waals surface area contributed by atoms with Crippen molar-refractivity contribution in [1.29, 1.82) is 0 Å². The summed E-state index contributed by atoms with van der Waals surface area (Å²) in [7, 11) is 0. The molecule has 1 aliphatic carbocycles. The van der Waals surface area contributed by atoms with Gasteiger partial charge in [0.25, 0.3) is 0 Å². The van der Waals surface area contributed by atoms with Gasteiger partial charge in [0, 0.05) is 61.2 Å². The third-order valence-corrected chi connectivity index (χ3v) is 10.3. The number of aromatic amines is 1. The molecule has 1 aliphatic heterocycles. The predicted molar refractivity (Wildman–Crippen MR) is 213 cm³/mol. The van der Waals surface area contributed by atoms with Crippen LogP contribution in [0, 0.1) is 11.8 Å². The van der Waals surface area contributed by atoms with E-state index in [2.05, 4.69) is 36.0 Å². The summed E-state index contributed by atoms with van der Waals surface area (Å²) in [6, 6.07) is 11.9. The highest BCUT2D eigenvalue weighted by Gasteiger charge is 2.65. The standard InChI is InChI=1S/C41H47F4N9O7/c1-39(2,3)61-38(59)48-21-24-7-9-27(10-8-24)33(55)50-31(20-25-5-4-6-28(19-25)29-22-46-37(47-23-29)54-15-17-60-18-16-54)34(56)49-30-13-11-26(12-14-30)32-51-35(53-52-32)40(42,43)41(44,45)36(57)58/h4-6,11-14,19,22-24,27,31H,7-10,15-18,20-21H2,1-3H3,(H,48,59)(H,49,56)(H,50,55)(H,57,58)(H,51,52,53)/t24?,27?,31-/m0/s1. The maximum absolute atomic E-state index is 14.3. The molecule has 0 spiro atoms. The molecule has 4 aromatic rings. The van der Waals surface area contributed by atoms with Crippen molar-refractivity contribution in [3.05, 3.63) is 72.3 Å². The fraction of sp³-hybridized carbons (Fsp3) is 0.463. The van der Waals surface area contributed by atoms with Crippen LogP contribution in [0.15, 0.2) is 60.9 Å². The first-order valence-electron chi connectivity index (χ1n) is 19.7. The minimum absolute atomic E-state index is 0.0930. The average molecular weight is 854 g/mol. The van der Waals surface area contributed by atoms with E-state index in [-0.39, 0.29) is 35.4 Å². The molecule has 0 bridgehead atoms. The van der Waals surface area contributed by atoms with E-state index in [1.165, 1.54) is 24.3 Å². The number of anilines is 2. The van der Waals surface area contributed by atoms with Gasteiger partial charge >= 0.3 is 23.9 Å². The van der Waals surface area contributed by atoms with E-state index >= 15 is 0 Å². The molecule has 1 saturated heterocycles. The van der Waals surface area contributed by atoms with Gasteiger partial charge in [-0.05, 0) is 87.8 Å². The smallest absolute Gasteiger partial charge is 0.411 e. The number of alkyl halides is 4. The van der Waals surface area contributed by atoms with Gasteiger partial charge in [0.15, 0.2) is 5.82 Å². The van der Waals surface area contributed by atoms with E-state index in [9.17, 15) is 36.7 Å². The van der Waals surface area contributed by atoms with Crippen molar-refractivity contribution in [1.82, 2.24) is 35.8 Å². The van der Waals surface area contributed by atoms with E-state index in [0.29, 0.717) is 64.5 Å². The number of morpholine rings is 1. The normalized spacial score (nSPS) is 17.9. The van der Waals surface area contributed by atoms with Crippen LogP contribution >= 0.6 is 0 Å². The summed E-state index contributed by atoms with van der Waals surface area (Å²) in [4.78, 5) is 65.2. The van der Waals surface area contributed by atoms with Crippen LogP contribution in [0.25, 0.3) is 22.5 Å². The molecule has 2 aromatic heterocycles. The third kappa shape index (κ3) is 11.2. The fourth-order valence-electron chi connectivity index (χ4n) is 6.93. The first-order chi connectivity index (χ1) is 28.9. The van der Waals surface area contributed by atoms with Gasteiger partial charge < -0.3 is 35.4 Å². The molecule has 2 aliphatic rings. The molecule has 20 heteroatoms. The van der Waals surface area contributed by atoms with Gasteiger partial charge in [-0.25, -0.2) is 24.5 Å². The quantitative estimate of drug-likeness (QED) is 0.0985. The number of alkyl carbamates (subject to hydrolysis) is 1. The fourth-order valence-corrected chi connectivity index (χ4v) is 6.93. The second kappa shape index (κ2) is 18.6. The van der Waals surface area contributed by atoms with Crippen LogP contribution in [-0.4, -0.2) is 105 Å². The number of H-pyrrole nitrogens is 1. The van der Waals surface area contributed by atoms with Crippen molar-refractivity contribution in [2.45, 2.75) is 76.4 Å². The zero-order valence-corrected chi connectivity index (χ0v) is 33.7. The number of carbonyl (C=O) groups is 4. The second-order valence-corrected chi connectivity index (χ2v) is 16.0. The largest absolute Gasteiger partial charge is 0.477 e. The van der Waals surface area contributed by atoms with Gasteiger partial charge in [-0.1, -0.05) is 24.3 Å². The number of carboxylic acids is 1. The number of nitrogens with zero attached hydrogens (tertiary/aromatic N) is 5. The highest BCUT2D eigenvalue weighted by atomic mass is 19.3. The lowest BCUT2D eigenvalue weighted by Gasteiger charge is -2.29. The Labute approximate surface area is 348 Å². The molecule has 0 unspecified atom stereocenters. The Morgan fingerprint density at radius 3 is 2.25 bits per heavy atom. The summed E-state index contributed by atoms with van der Waals surface area (Å²) in [5.74, 6) is -16.2. The number of amides is 3. The van der Waals surface area contributed by atoms with Gasteiger partial charge in [0.1, 0.15) is 11.6 Å². The molecular formula is C41H47F4N9O7. The summed E-state index contributed by atoms with van der Waals surface area (Å²) >= 11 is 0. The van der Waals surface area contributed by atoms with E-state index < -0.39 is 53.1 Å². The van der Waals surface area contributed by atoms with E-state index in [0.717, 1.165) is 16.7 Å². The Morgan fingerprint density at radius 2 is 1.61 bits per heavy atom. The number of aromatic nitrogens is 5. The van der Waals surface area contributed by atoms with Crippen LogP contribution < -0.4 is 20.9 Å². The molecule has 2 aromatic carbocycles. The summed E-state index contributed by atoms with van der Waals surface area (Å²) in [6.45, 7) is 8.31. The molecule has 326 valence electrons. The number of ether oxygens (including phenoxy) is 2. The summed E-state index contributed by atoms with van der Waals surface area (Å²) in [6.07, 6.45) is 5.48. The lowest BCUT2D eigenvalue weighted by molar-refractivity contribution is -0.231. The summed E-state index contributed by atoms with van der Waals surface area (Å²) in [5, 5.41) is 22.3. The lowest BCUT2D eigenvalue weighted by atomic mass is 9.81. The molecule has 0 radical (unpaired) electrons. The molecule has 1 saturated carbocycles. The molecule has 1 atom stereocenters. The summed E-state index contributed by atoms with van der Waals surface area (Å²) < 4.78 is 66.8. The van der Waals surface area contributed by atoms with Gasteiger partial charge in [-0.3, -0.25) is 14.7 Å². The van der Waals surface area contributed by atoms with Crippen LogP contribution in [0.5, 0.6) is 0 Å². The molecular weight excluding hydrogens is 806 g/mol. The molecule has 2 fully saturated rings. The third-order valence-electron chi connectivity index (χ3n) is 10.3. The maximum Gasteiger partial charge on any atom is 0.411 e. The van der Waals surface area contributed by atoms with Crippen LogP contribution in [0.3, 0.4) is 0 Å². The molecule has 3 heterocycles. The highest BCUT2D eigenvalue weighted by Crippen LogP contribution is 2.42. The van der Waals surface area contributed by atoms with Crippen LogP contribution in [0.1, 0.15) is 57.8 Å². The van der Waals surface area contributed by atoms with Crippen LogP contribution in [0.2, 0.25) is 0 Å². The first kappa shape index (κ1) is 44.4. The Kier molecular flexibility index (Phi) is 13.5. The number of hydrogen-bond donors (Lipinski definition) is 5. The van der Waals surface area contributed by atoms with Gasteiger partial charge in [-0.15, -0.1) is 0 Å². The predicted octanol–water partition coefficient (Wildman–Crippen LogP) is 5.57. The minimum atomic E-state index is -5.45. The maximum atomic E-state index is 14.3. The van der Waals surface area contributed by atoms with Crippen LogP contribution in [-0.2, 0) is 36.2 Å². The number of halogens is 4. The molecule has 3 amide bonds. The number of hydrogen-bond acceptors (Lipinski definition) is 11. The van der Waals surface area contributed by atoms with E-state index in [1.54, 1.807) is 38.3 Å². The second-order valence-electron chi connectivity index (χ2n) is 16.0. The number of carboxylic acid groups (broad SMARTS) is 1. The number of nitrogens with one attached hydrogen (secondary N) is 4. The van der Waals surface area contributed by atoms with Crippen molar-refractivity contribution in [2.75, 3.05) is 43.1 Å². The Balaban J connectivity index is 1.15. The monoisotopic (exact) mass is 853 g/mol. The SMILES string of the molecule is CC(C)(C)OC(=O)NCC1CCC(C(=O)N[C@@H](Cc2cccc(-c3cnc(N4CCOCC4)nc3)c2)C(=O)Nc2ccc(-c3n[nH]c(C(F)(F)C(F)(F)C(=O)O)n3)cc2)CC1. The van der Waals surface area contributed by atoms with E-state index in [4.69, 9.17) is 14.6 Å². The van der Waals surface area contributed by atoms with Crippen molar-refractivity contribution in [2.24, 2.45) is 11.8 Å². The molecule has 6 rings (SSSR count). The van der Waals surface area contributed by atoms with Crippen molar-refractivity contribution in [3.8, 4) is 22.5 Å². The van der Waals surface area contributed by atoms with Crippen molar-refractivity contribution in [3.63, 3.8) is 0 Å². The van der Waals surface area contributed by atoms with Gasteiger partial charge in [0.05, 0.1) is 13.2 Å². The van der Waals surface area contributed by atoms with Gasteiger partial charge in [-0.2, -0.15) is 22.7 Å². The highest BCUT2D eigenvalue weighted by molar-refractivity contribution is 5.98. The molecule has 16 nitrogen and oxygen atoms in total. The van der Waals surface area contributed by atoms with Crippen molar-refractivity contribution < 1.29 is 51.3 Å². The van der Waals surface area contributed by atoms with Crippen LogP contribution in [0.4, 0.5) is 34.0 Å². The lowest BCUT2D eigenvalue weighted by Crippen LogP contribution is -2.48. The number of carbonyl (C=O) groups excluding carboxylic acids is 3. The van der Waals surface area contributed by atoms with Crippen molar-refractivity contribution >= 4 is 35.5 Å². The topological polar surface area (TPSA) is 214 Å². The molecule has 61 heavy (non-hydrogen) atoms. The first-order valence-corrected chi connectivity index (χ1v) is 19.7. The molecule has 5 N–H and O–H groups in total. The Morgan fingerprint density at radius 1 is 0.934 bits per heavy atom. The Hall–Kier alpha value is -6.18. The number of rotatable bonds is 14. The van der Waals surface area contributed by atoms with Gasteiger partial charge in [0.2, 0.25) is 23.6 Å². The summed E-state index contributed by atoms with van der Waals surface area (Å²) in [5.41, 5.74) is 1.99. The minimum Gasteiger partial charge on any atom is -0.477 e. The zero-order chi connectivity index (χ0) is 44.0.